The Balaban J connectivity index is 2.37. The fourth-order valence-electron chi connectivity index (χ4n) is 2.65. The van der Waals surface area contributed by atoms with Crippen molar-refractivity contribution in [3.63, 3.8) is 0 Å². The fourth-order valence-corrected chi connectivity index (χ4v) is 2.65. The first-order valence-corrected chi connectivity index (χ1v) is 7.36. The molecule has 1 aliphatic rings. The van der Waals surface area contributed by atoms with Gasteiger partial charge in [-0.15, -0.1) is 0 Å². The average molecular weight is 309 g/mol. The Morgan fingerprint density at radius 2 is 1.90 bits per heavy atom. The molecule has 0 radical (unpaired) electrons. The Morgan fingerprint density at radius 1 is 1.24 bits per heavy atom. The molecule has 21 heavy (non-hydrogen) atoms. The molecule has 0 aromatic carbocycles. The zero-order valence-corrected chi connectivity index (χ0v) is 12.2. The predicted molar refractivity (Wildman–Crippen MR) is 70.4 cm³/mol. The summed E-state index contributed by atoms with van der Waals surface area (Å²) in [7, 11) is 0. The Hall–Kier alpha value is -1.27. The number of carbonyl (C=O) groups excluding carboxylic acids is 2. The monoisotopic (exact) mass is 309 g/mol. The minimum Gasteiger partial charge on any atom is -0.466 e. The van der Waals surface area contributed by atoms with Gasteiger partial charge in [0.25, 0.3) is 0 Å². The van der Waals surface area contributed by atoms with Crippen LogP contribution in [0.15, 0.2) is 0 Å². The van der Waals surface area contributed by atoms with Gasteiger partial charge in [-0.2, -0.15) is 13.2 Å². The first-order chi connectivity index (χ1) is 9.86. The summed E-state index contributed by atoms with van der Waals surface area (Å²) < 4.78 is 43.4. The molecule has 2 atom stereocenters. The summed E-state index contributed by atoms with van der Waals surface area (Å²) in [5, 5.41) is 2.51. The van der Waals surface area contributed by atoms with Crippen molar-refractivity contribution in [3.05, 3.63) is 0 Å². The van der Waals surface area contributed by atoms with E-state index < -0.39 is 23.9 Å². The van der Waals surface area contributed by atoms with Crippen molar-refractivity contribution in [2.75, 3.05) is 13.2 Å². The van der Waals surface area contributed by atoms with Crippen LogP contribution in [-0.4, -0.2) is 31.2 Å². The molecule has 1 rings (SSSR count). The summed E-state index contributed by atoms with van der Waals surface area (Å²) in [4.78, 5) is 23.0. The molecule has 1 saturated carbocycles. The SMILES string of the molecule is CCOC(=O)CCCNC(=O)C1CCCCC1C(F)(F)F. The Labute approximate surface area is 122 Å². The van der Waals surface area contributed by atoms with Crippen molar-refractivity contribution in [1.29, 1.82) is 0 Å². The van der Waals surface area contributed by atoms with Gasteiger partial charge in [-0.05, 0) is 26.2 Å². The number of halogens is 3. The van der Waals surface area contributed by atoms with E-state index in [1.165, 1.54) is 0 Å². The van der Waals surface area contributed by atoms with Crippen molar-refractivity contribution >= 4 is 11.9 Å². The quantitative estimate of drug-likeness (QED) is 0.606. The largest absolute Gasteiger partial charge is 0.466 e. The van der Waals surface area contributed by atoms with E-state index in [4.69, 9.17) is 4.74 Å². The van der Waals surface area contributed by atoms with Crippen LogP contribution in [0.2, 0.25) is 0 Å². The number of rotatable bonds is 6. The maximum Gasteiger partial charge on any atom is 0.392 e. The van der Waals surface area contributed by atoms with Crippen LogP contribution < -0.4 is 5.32 Å². The first-order valence-electron chi connectivity index (χ1n) is 7.36. The van der Waals surface area contributed by atoms with E-state index in [1.807, 2.05) is 0 Å². The van der Waals surface area contributed by atoms with Gasteiger partial charge in [-0.1, -0.05) is 12.8 Å². The lowest BCUT2D eigenvalue weighted by Gasteiger charge is -2.31. The Bertz CT molecular complexity index is 358. The summed E-state index contributed by atoms with van der Waals surface area (Å²) in [6.45, 7) is 2.18. The highest BCUT2D eigenvalue weighted by molar-refractivity contribution is 5.79. The highest BCUT2D eigenvalue weighted by Gasteiger charge is 2.47. The lowest BCUT2D eigenvalue weighted by Crippen LogP contribution is -2.42. The third-order valence-electron chi connectivity index (χ3n) is 3.69. The van der Waals surface area contributed by atoms with Gasteiger partial charge >= 0.3 is 12.1 Å². The molecule has 0 aromatic rings. The molecule has 0 spiro atoms. The van der Waals surface area contributed by atoms with Crippen molar-refractivity contribution < 1.29 is 27.5 Å². The maximum absolute atomic E-state index is 12.9. The van der Waals surface area contributed by atoms with Gasteiger partial charge in [0.05, 0.1) is 12.5 Å². The lowest BCUT2D eigenvalue weighted by molar-refractivity contribution is -0.198. The van der Waals surface area contributed by atoms with Crippen molar-refractivity contribution in [2.45, 2.75) is 51.6 Å². The van der Waals surface area contributed by atoms with E-state index in [0.29, 0.717) is 25.9 Å². The molecule has 0 heterocycles. The highest BCUT2D eigenvalue weighted by Crippen LogP contribution is 2.41. The molecular weight excluding hydrogens is 287 g/mol. The summed E-state index contributed by atoms with van der Waals surface area (Å²) in [5.41, 5.74) is 0. The van der Waals surface area contributed by atoms with Gasteiger partial charge in [0.15, 0.2) is 0 Å². The van der Waals surface area contributed by atoms with Crippen LogP contribution in [0.25, 0.3) is 0 Å². The number of alkyl halides is 3. The number of carbonyl (C=O) groups is 2. The fraction of sp³-hybridized carbons (Fsp3) is 0.857. The van der Waals surface area contributed by atoms with Gasteiger partial charge in [0.1, 0.15) is 0 Å². The second-order valence-electron chi connectivity index (χ2n) is 5.24. The summed E-state index contributed by atoms with van der Waals surface area (Å²) in [6, 6.07) is 0. The van der Waals surface area contributed by atoms with Crippen LogP contribution in [0, 0.1) is 11.8 Å². The highest BCUT2D eigenvalue weighted by atomic mass is 19.4. The van der Waals surface area contributed by atoms with Gasteiger partial charge < -0.3 is 10.1 Å². The topological polar surface area (TPSA) is 55.4 Å². The second-order valence-corrected chi connectivity index (χ2v) is 5.24. The third kappa shape index (κ3) is 5.93. The van der Waals surface area contributed by atoms with Crippen LogP contribution in [0.4, 0.5) is 13.2 Å². The molecule has 0 bridgehead atoms. The molecule has 1 amide bonds. The number of amides is 1. The van der Waals surface area contributed by atoms with Crippen molar-refractivity contribution in [3.8, 4) is 0 Å². The number of ether oxygens (including phenoxy) is 1. The molecule has 1 aliphatic carbocycles. The molecule has 0 saturated heterocycles. The maximum atomic E-state index is 12.9. The molecule has 0 aliphatic heterocycles. The number of hydrogen-bond donors (Lipinski definition) is 1. The second kappa shape index (κ2) is 8.24. The minimum atomic E-state index is -4.33. The molecule has 4 nitrogen and oxygen atoms in total. The smallest absolute Gasteiger partial charge is 0.392 e. The number of esters is 1. The van der Waals surface area contributed by atoms with E-state index in [0.717, 1.165) is 0 Å². The van der Waals surface area contributed by atoms with Gasteiger partial charge in [-0.25, -0.2) is 0 Å². The van der Waals surface area contributed by atoms with E-state index in [2.05, 4.69) is 5.32 Å². The van der Waals surface area contributed by atoms with Gasteiger partial charge in [-0.3, -0.25) is 9.59 Å². The third-order valence-corrected chi connectivity index (χ3v) is 3.69. The zero-order valence-electron chi connectivity index (χ0n) is 12.2. The van der Waals surface area contributed by atoms with Crippen LogP contribution in [-0.2, 0) is 14.3 Å². The van der Waals surface area contributed by atoms with E-state index >= 15 is 0 Å². The van der Waals surface area contributed by atoms with E-state index in [9.17, 15) is 22.8 Å². The van der Waals surface area contributed by atoms with Crippen LogP contribution in [0.3, 0.4) is 0 Å². The van der Waals surface area contributed by atoms with E-state index in [-0.39, 0.29) is 31.8 Å². The lowest BCUT2D eigenvalue weighted by atomic mass is 9.78. The van der Waals surface area contributed by atoms with Crippen LogP contribution in [0.1, 0.15) is 45.4 Å². The number of nitrogens with one attached hydrogen (secondary N) is 1. The minimum absolute atomic E-state index is 0.0183. The normalized spacial score (nSPS) is 22.7. The molecule has 2 unspecified atom stereocenters. The molecule has 1 N–H and O–H groups in total. The first kappa shape index (κ1) is 17.8. The summed E-state index contributed by atoms with van der Waals surface area (Å²) in [6.07, 6.45) is -2.36. The van der Waals surface area contributed by atoms with Crippen LogP contribution >= 0.6 is 0 Å². The van der Waals surface area contributed by atoms with Gasteiger partial charge in [0, 0.05) is 18.9 Å². The predicted octanol–water partition coefficient (Wildman–Crippen LogP) is 2.81. The van der Waals surface area contributed by atoms with Crippen molar-refractivity contribution in [1.82, 2.24) is 5.32 Å². The Kier molecular flexibility index (Phi) is 6.98. The van der Waals surface area contributed by atoms with E-state index in [1.54, 1.807) is 6.92 Å². The standard InChI is InChI=1S/C14H22F3NO3/c1-2-21-12(19)8-5-9-18-13(20)10-6-3-4-7-11(10)14(15,16)17/h10-11H,2-9H2,1H3,(H,18,20). The molecule has 7 heteroatoms. The summed E-state index contributed by atoms with van der Waals surface area (Å²) >= 11 is 0. The molecule has 122 valence electrons. The van der Waals surface area contributed by atoms with Crippen LogP contribution in [0.5, 0.6) is 0 Å². The van der Waals surface area contributed by atoms with Crippen molar-refractivity contribution in [2.24, 2.45) is 11.8 Å². The summed E-state index contributed by atoms with van der Waals surface area (Å²) in [5.74, 6) is -3.46. The molecule has 1 fully saturated rings. The average Bonchev–Trinajstić information content (AvgIpc) is 2.43. The molecule has 0 aromatic heterocycles. The molecular formula is C14H22F3NO3. The zero-order chi connectivity index (χ0) is 15.9. The Morgan fingerprint density at radius 3 is 2.52 bits per heavy atom. The van der Waals surface area contributed by atoms with Gasteiger partial charge in [0.2, 0.25) is 5.91 Å². The number of hydrogen-bond acceptors (Lipinski definition) is 3.